The number of rotatable bonds is 5. The van der Waals surface area contributed by atoms with E-state index in [4.69, 9.17) is 9.84 Å². The van der Waals surface area contributed by atoms with Crippen LogP contribution < -0.4 is 5.32 Å². The highest BCUT2D eigenvalue weighted by Gasteiger charge is 2.23. The predicted molar refractivity (Wildman–Crippen MR) is 110 cm³/mol. The lowest BCUT2D eigenvalue weighted by Crippen LogP contribution is -2.40. The fourth-order valence-corrected chi connectivity index (χ4v) is 3.47. The van der Waals surface area contributed by atoms with Crippen LogP contribution >= 0.6 is 0 Å². The van der Waals surface area contributed by atoms with Crippen molar-refractivity contribution >= 4 is 11.5 Å². The number of nitrogens with one attached hydrogen (secondary N) is 1. The average Bonchev–Trinajstić information content (AvgIpc) is 3.13. The lowest BCUT2D eigenvalue weighted by molar-refractivity contribution is 0.0360. The Labute approximate surface area is 165 Å². The van der Waals surface area contributed by atoms with E-state index in [-0.39, 0.29) is 11.5 Å². The molecule has 1 fully saturated rings. The van der Waals surface area contributed by atoms with Gasteiger partial charge in [0.1, 0.15) is 5.82 Å². The SMILES string of the molecule is CC(C)(C)c1nnc2ccc(NC(CN3CCOCC3)c3ccccc3)nn12. The van der Waals surface area contributed by atoms with Gasteiger partial charge in [0.25, 0.3) is 0 Å². The molecule has 0 radical (unpaired) electrons. The second kappa shape index (κ2) is 7.85. The highest BCUT2D eigenvalue weighted by molar-refractivity contribution is 5.46. The van der Waals surface area contributed by atoms with Gasteiger partial charge in [0.05, 0.1) is 19.3 Å². The summed E-state index contributed by atoms with van der Waals surface area (Å²) in [6.07, 6.45) is 0. The number of fused-ring (bicyclic) bond motifs is 1. The minimum absolute atomic E-state index is 0.127. The van der Waals surface area contributed by atoms with E-state index in [0.717, 1.165) is 50.1 Å². The Morgan fingerprint density at radius 2 is 1.79 bits per heavy atom. The van der Waals surface area contributed by atoms with Gasteiger partial charge in [-0.1, -0.05) is 51.1 Å². The largest absolute Gasteiger partial charge is 0.379 e. The molecule has 1 aliphatic heterocycles. The second-order valence-electron chi connectivity index (χ2n) is 8.28. The standard InChI is InChI=1S/C21H28N6O/c1-21(2,3)20-24-23-19-10-9-18(25-27(19)20)22-17(16-7-5-4-6-8-16)15-26-11-13-28-14-12-26/h4-10,17H,11-15H2,1-3H3,(H,22,25). The van der Waals surface area contributed by atoms with Crippen LogP contribution in [0.3, 0.4) is 0 Å². The molecule has 1 aromatic carbocycles. The summed E-state index contributed by atoms with van der Waals surface area (Å²) in [4.78, 5) is 2.44. The lowest BCUT2D eigenvalue weighted by Gasteiger charge is -2.31. The minimum Gasteiger partial charge on any atom is -0.379 e. The van der Waals surface area contributed by atoms with E-state index >= 15 is 0 Å². The summed E-state index contributed by atoms with van der Waals surface area (Å²) in [6.45, 7) is 10.8. The van der Waals surface area contributed by atoms with Gasteiger partial charge in [-0.25, -0.2) is 0 Å². The number of ether oxygens (including phenoxy) is 1. The summed E-state index contributed by atoms with van der Waals surface area (Å²) in [5, 5.41) is 17.0. The molecular weight excluding hydrogens is 352 g/mol. The Morgan fingerprint density at radius 1 is 1.04 bits per heavy atom. The van der Waals surface area contributed by atoms with Crippen LogP contribution in [0.4, 0.5) is 5.82 Å². The zero-order valence-electron chi connectivity index (χ0n) is 16.8. The van der Waals surface area contributed by atoms with Gasteiger partial charge in [-0.2, -0.15) is 4.52 Å². The van der Waals surface area contributed by atoms with E-state index in [0.29, 0.717) is 0 Å². The molecule has 3 aromatic rings. The van der Waals surface area contributed by atoms with E-state index in [1.807, 2.05) is 22.7 Å². The number of nitrogens with zero attached hydrogens (tertiary/aromatic N) is 5. The topological polar surface area (TPSA) is 67.6 Å². The van der Waals surface area contributed by atoms with Crippen molar-refractivity contribution in [3.05, 3.63) is 53.9 Å². The Bertz CT molecular complexity index is 912. The fourth-order valence-electron chi connectivity index (χ4n) is 3.47. The molecule has 1 atom stereocenters. The molecule has 0 spiro atoms. The zero-order valence-corrected chi connectivity index (χ0v) is 16.8. The second-order valence-corrected chi connectivity index (χ2v) is 8.28. The molecule has 28 heavy (non-hydrogen) atoms. The molecule has 0 saturated carbocycles. The van der Waals surface area contributed by atoms with Crippen molar-refractivity contribution in [1.29, 1.82) is 0 Å². The maximum Gasteiger partial charge on any atom is 0.178 e. The van der Waals surface area contributed by atoms with Gasteiger partial charge in [0.15, 0.2) is 11.5 Å². The third kappa shape index (κ3) is 4.15. The van der Waals surface area contributed by atoms with Gasteiger partial charge in [0.2, 0.25) is 0 Å². The third-order valence-corrected chi connectivity index (χ3v) is 5.00. The van der Waals surface area contributed by atoms with Crippen LogP contribution in [0.5, 0.6) is 0 Å². The van der Waals surface area contributed by atoms with Crippen LogP contribution in [0, 0.1) is 0 Å². The normalized spacial score (nSPS) is 17.0. The molecule has 0 bridgehead atoms. The Morgan fingerprint density at radius 3 is 2.50 bits per heavy atom. The van der Waals surface area contributed by atoms with Crippen LogP contribution in [0.2, 0.25) is 0 Å². The van der Waals surface area contributed by atoms with Crippen molar-refractivity contribution in [2.75, 3.05) is 38.2 Å². The van der Waals surface area contributed by atoms with E-state index in [9.17, 15) is 0 Å². The number of morpholine rings is 1. The van der Waals surface area contributed by atoms with Crippen LogP contribution in [0.1, 0.15) is 38.2 Å². The van der Waals surface area contributed by atoms with E-state index in [1.54, 1.807) is 0 Å². The summed E-state index contributed by atoms with van der Waals surface area (Å²) >= 11 is 0. The molecule has 0 amide bonds. The van der Waals surface area contributed by atoms with Crippen molar-refractivity contribution in [1.82, 2.24) is 24.7 Å². The van der Waals surface area contributed by atoms with Gasteiger partial charge in [-0.05, 0) is 17.7 Å². The Kier molecular flexibility index (Phi) is 5.28. The molecule has 7 heteroatoms. The molecule has 4 rings (SSSR count). The molecular formula is C21H28N6O. The summed E-state index contributed by atoms with van der Waals surface area (Å²) in [5.74, 6) is 1.68. The third-order valence-electron chi connectivity index (χ3n) is 5.00. The number of anilines is 1. The van der Waals surface area contributed by atoms with Crippen LogP contribution in [-0.2, 0) is 10.2 Å². The van der Waals surface area contributed by atoms with E-state index in [2.05, 4.69) is 65.5 Å². The van der Waals surface area contributed by atoms with Crippen molar-refractivity contribution < 1.29 is 4.74 Å². The highest BCUT2D eigenvalue weighted by atomic mass is 16.5. The fraction of sp³-hybridized carbons (Fsp3) is 0.476. The molecule has 148 valence electrons. The first-order valence-corrected chi connectivity index (χ1v) is 9.85. The quantitative estimate of drug-likeness (QED) is 0.734. The maximum atomic E-state index is 5.50. The first-order valence-electron chi connectivity index (χ1n) is 9.85. The molecule has 2 aromatic heterocycles. The van der Waals surface area contributed by atoms with E-state index < -0.39 is 0 Å². The monoisotopic (exact) mass is 380 g/mol. The summed E-state index contributed by atoms with van der Waals surface area (Å²) in [5.41, 5.74) is 1.88. The Balaban J connectivity index is 1.62. The molecule has 1 unspecified atom stereocenters. The number of benzene rings is 1. The van der Waals surface area contributed by atoms with Crippen LogP contribution in [0.25, 0.3) is 5.65 Å². The van der Waals surface area contributed by atoms with Gasteiger partial charge >= 0.3 is 0 Å². The minimum atomic E-state index is -0.127. The van der Waals surface area contributed by atoms with Crippen molar-refractivity contribution in [2.45, 2.75) is 32.2 Å². The first-order chi connectivity index (χ1) is 13.5. The Hall–Kier alpha value is -2.51. The van der Waals surface area contributed by atoms with Crippen LogP contribution in [-0.4, -0.2) is 57.6 Å². The predicted octanol–water partition coefficient (Wildman–Crippen LogP) is 2.91. The van der Waals surface area contributed by atoms with Crippen molar-refractivity contribution in [2.24, 2.45) is 0 Å². The lowest BCUT2D eigenvalue weighted by atomic mass is 9.96. The average molecular weight is 380 g/mol. The zero-order chi connectivity index (χ0) is 19.6. The van der Waals surface area contributed by atoms with E-state index in [1.165, 1.54) is 5.56 Å². The first kappa shape index (κ1) is 18.8. The van der Waals surface area contributed by atoms with Gasteiger partial charge in [-0.3, -0.25) is 4.90 Å². The van der Waals surface area contributed by atoms with Crippen molar-refractivity contribution in [3.8, 4) is 0 Å². The molecule has 0 aliphatic carbocycles. The van der Waals surface area contributed by atoms with Gasteiger partial charge in [-0.15, -0.1) is 15.3 Å². The smallest absolute Gasteiger partial charge is 0.178 e. The number of aromatic nitrogens is 4. The highest BCUT2D eigenvalue weighted by Crippen LogP contribution is 2.23. The molecule has 7 nitrogen and oxygen atoms in total. The molecule has 1 N–H and O–H groups in total. The number of hydrogen-bond donors (Lipinski definition) is 1. The molecule has 1 aliphatic rings. The van der Waals surface area contributed by atoms with Crippen LogP contribution in [0.15, 0.2) is 42.5 Å². The summed E-state index contributed by atoms with van der Waals surface area (Å²) in [6, 6.07) is 14.6. The van der Waals surface area contributed by atoms with Gasteiger partial charge in [0, 0.05) is 25.0 Å². The maximum absolute atomic E-state index is 5.50. The number of hydrogen-bond acceptors (Lipinski definition) is 6. The summed E-state index contributed by atoms with van der Waals surface area (Å²) in [7, 11) is 0. The molecule has 3 heterocycles. The van der Waals surface area contributed by atoms with Gasteiger partial charge < -0.3 is 10.1 Å². The van der Waals surface area contributed by atoms with Crippen molar-refractivity contribution in [3.63, 3.8) is 0 Å². The molecule has 1 saturated heterocycles. The summed E-state index contributed by atoms with van der Waals surface area (Å²) < 4.78 is 7.34.